The van der Waals surface area contributed by atoms with Gasteiger partial charge in [0.15, 0.2) is 0 Å². The lowest BCUT2D eigenvalue weighted by Crippen LogP contribution is -2.39. The molecule has 0 aromatic heterocycles. The topological polar surface area (TPSA) is 55.1 Å². The average molecular weight is 318 g/mol. The first-order valence-corrected chi connectivity index (χ1v) is 5.38. The third-order valence-corrected chi connectivity index (χ3v) is 2.42. The van der Waals surface area contributed by atoms with Crippen LogP contribution >= 0.6 is 0 Å². The Balaban J connectivity index is 3.13. The van der Waals surface area contributed by atoms with E-state index in [1.165, 1.54) is 0 Å². The summed E-state index contributed by atoms with van der Waals surface area (Å²) in [6.07, 6.45) is -9.74. The lowest BCUT2D eigenvalue weighted by molar-refractivity contribution is -0.140. The zero-order chi connectivity index (χ0) is 16.4. The zero-order valence-corrected chi connectivity index (χ0v) is 10.1. The van der Waals surface area contributed by atoms with Crippen LogP contribution in [0.2, 0.25) is 0 Å². The van der Waals surface area contributed by atoms with Crippen LogP contribution in [-0.2, 0) is 11.0 Å². The van der Waals surface area contributed by atoms with Gasteiger partial charge in [-0.15, -0.1) is 0 Å². The summed E-state index contributed by atoms with van der Waals surface area (Å²) < 4.78 is 86.8. The quantitative estimate of drug-likeness (QED) is 0.838. The molecule has 118 valence electrons. The van der Waals surface area contributed by atoms with Gasteiger partial charge >= 0.3 is 12.4 Å². The van der Waals surface area contributed by atoms with Crippen LogP contribution in [-0.4, -0.2) is 18.6 Å². The first-order valence-electron chi connectivity index (χ1n) is 5.38. The lowest BCUT2D eigenvalue weighted by Gasteiger charge is -2.18. The van der Waals surface area contributed by atoms with Crippen molar-refractivity contribution in [1.82, 2.24) is 5.32 Å². The van der Waals surface area contributed by atoms with Crippen LogP contribution in [0.25, 0.3) is 0 Å². The second-order valence-electron chi connectivity index (χ2n) is 4.07. The molecule has 0 heterocycles. The van der Waals surface area contributed by atoms with E-state index in [9.17, 15) is 35.5 Å². The number of carbonyl (C=O) groups is 1. The average Bonchev–Trinajstić information content (AvgIpc) is 2.27. The number of benzene rings is 1. The van der Waals surface area contributed by atoms with Gasteiger partial charge in [-0.2, -0.15) is 26.3 Å². The number of halogens is 7. The van der Waals surface area contributed by atoms with Crippen molar-refractivity contribution in [2.24, 2.45) is 5.73 Å². The largest absolute Gasteiger partial charge is 0.419 e. The van der Waals surface area contributed by atoms with Gasteiger partial charge in [0, 0.05) is 0 Å². The third-order valence-electron chi connectivity index (χ3n) is 2.42. The minimum Gasteiger partial charge on any atom is -0.368 e. The highest BCUT2D eigenvalue weighted by Gasteiger charge is 2.36. The van der Waals surface area contributed by atoms with Crippen molar-refractivity contribution in [3.8, 4) is 0 Å². The van der Waals surface area contributed by atoms with E-state index in [4.69, 9.17) is 5.73 Å². The Hall–Kier alpha value is -1.84. The van der Waals surface area contributed by atoms with Gasteiger partial charge in [0.2, 0.25) is 5.91 Å². The Morgan fingerprint density at radius 3 is 2.19 bits per heavy atom. The van der Waals surface area contributed by atoms with Gasteiger partial charge in [0.1, 0.15) is 11.9 Å². The van der Waals surface area contributed by atoms with E-state index in [1.54, 1.807) is 5.32 Å². The van der Waals surface area contributed by atoms with E-state index in [0.29, 0.717) is 6.07 Å². The molecule has 0 radical (unpaired) electrons. The number of rotatable bonds is 4. The van der Waals surface area contributed by atoms with E-state index < -0.39 is 47.8 Å². The lowest BCUT2D eigenvalue weighted by atomic mass is 10.0. The number of primary amides is 1. The second kappa shape index (κ2) is 5.88. The molecule has 0 spiro atoms. The zero-order valence-electron chi connectivity index (χ0n) is 10.1. The van der Waals surface area contributed by atoms with Gasteiger partial charge < -0.3 is 5.73 Å². The van der Waals surface area contributed by atoms with Gasteiger partial charge in [0.05, 0.1) is 12.1 Å². The summed E-state index contributed by atoms with van der Waals surface area (Å²) in [5.74, 6) is -2.93. The molecular weight excluding hydrogens is 309 g/mol. The van der Waals surface area contributed by atoms with Gasteiger partial charge in [-0.25, -0.2) is 4.39 Å². The molecule has 0 bridgehead atoms. The SMILES string of the molecule is NC(=O)C(NCC(F)(F)F)c1ccc(F)c(C(F)(F)F)c1. The molecule has 0 fully saturated rings. The maximum atomic E-state index is 13.1. The Morgan fingerprint density at radius 1 is 1.19 bits per heavy atom. The molecule has 0 saturated carbocycles. The summed E-state index contributed by atoms with van der Waals surface area (Å²) >= 11 is 0. The Kier molecular flexibility index (Phi) is 4.82. The van der Waals surface area contributed by atoms with Crippen LogP contribution in [0.15, 0.2) is 18.2 Å². The van der Waals surface area contributed by atoms with Crippen molar-refractivity contribution in [1.29, 1.82) is 0 Å². The van der Waals surface area contributed by atoms with Gasteiger partial charge in [-0.05, 0) is 17.7 Å². The summed E-state index contributed by atoms with van der Waals surface area (Å²) in [5.41, 5.74) is 2.64. The molecule has 1 unspecified atom stereocenters. The number of carbonyl (C=O) groups excluding carboxylic acids is 1. The molecule has 1 aromatic carbocycles. The number of hydrogen-bond acceptors (Lipinski definition) is 2. The van der Waals surface area contributed by atoms with Crippen molar-refractivity contribution in [3.05, 3.63) is 35.1 Å². The van der Waals surface area contributed by atoms with Crippen molar-refractivity contribution in [3.63, 3.8) is 0 Å². The van der Waals surface area contributed by atoms with E-state index >= 15 is 0 Å². The fourth-order valence-electron chi connectivity index (χ4n) is 1.54. The number of nitrogens with two attached hydrogens (primary N) is 1. The molecule has 3 nitrogen and oxygen atoms in total. The second-order valence-corrected chi connectivity index (χ2v) is 4.07. The van der Waals surface area contributed by atoms with E-state index in [1.807, 2.05) is 0 Å². The van der Waals surface area contributed by atoms with Crippen molar-refractivity contribution in [2.75, 3.05) is 6.54 Å². The van der Waals surface area contributed by atoms with E-state index in [2.05, 4.69) is 0 Å². The number of nitrogens with one attached hydrogen (secondary N) is 1. The molecule has 21 heavy (non-hydrogen) atoms. The minimum atomic E-state index is -5.05. The number of alkyl halides is 6. The maximum absolute atomic E-state index is 13.1. The molecule has 0 saturated heterocycles. The van der Waals surface area contributed by atoms with Crippen LogP contribution in [0.4, 0.5) is 30.7 Å². The predicted octanol–water partition coefficient (Wildman–Crippen LogP) is 2.52. The van der Waals surface area contributed by atoms with Crippen molar-refractivity contribution in [2.45, 2.75) is 18.4 Å². The highest BCUT2D eigenvalue weighted by molar-refractivity contribution is 5.81. The maximum Gasteiger partial charge on any atom is 0.419 e. The Bertz CT molecular complexity index is 524. The van der Waals surface area contributed by atoms with Crippen LogP contribution in [0.5, 0.6) is 0 Å². The first-order chi connectivity index (χ1) is 9.42. The van der Waals surface area contributed by atoms with Gasteiger partial charge in [-0.1, -0.05) is 6.07 Å². The summed E-state index contributed by atoms with van der Waals surface area (Å²) in [6.45, 7) is -1.64. The Labute approximate surface area is 113 Å². The highest BCUT2D eigenvalue weighted by atomic mass is 19.4. The van der Waals surface area contributed by atoms with Gasteiger partial charge in [-0.3, -0.25) is 10.1 Å². The fraction of sp³-hybridized carbons (Fsp3) is 0.364. The number of hydrogen-bond donors (Lipinski definition) is 2. The van der Waals surface area contributed by atoms with Gasteiger partial charge in [0.25, 0.3) is 0 Å². The monoisotopic (exact) mass is 318 g/mol. The molecule has 0 aliphatic carbocycles. The van der Waals surface area contributed by atoms with Crippen LogP contribution in [0.3, 0.4) is 0 Å². The summed E-state index contributed by atoms with van der Waals surface area (Å²) in [7, 11) is 0. The van der Waals surface area contributed by atoms with Crippen molar-refractivity contribution < 1.29 is 35.5 Å². The molecule has 3 N–H and O–H groups in total. The van der Waals surface area contributed by atoms with E-state index in [0.717, 1.165) is 6.07 Å². The van der Waals surface area contributed by atoms with Crippen molar-refractivity contribution >= 4 is 5.91 Å². The molecule has 1 amide bonds. The summed E-state index contributed by atoms with van der Waals surface area (Å²) in [5, 5.41) is 1.68. The summed E-state index contributed by atoms with van der Waals surface area (Å²) in [6, 6.07) is -0.422. The Morgan fingerprint density at radius 2 is 1.76 bits per heavy atom. The molecule has 1 atom stereocenters. The number of amides is 1. The normalized spacial score (nSPS) is 14.0. The molecule has 1 aromatic rings. The molecule has 0 aliphatic heterocycles. The third kappa shape index (κ3) is 4.88. The minimum absolute atomic E-state index is 0.244. The smallest absolute Gasteiger partial charge is 0.368 e. The van der Waals surface area contributed by atoms with E-state index in [-0.39, 0.29) is 6.07 Å². The standard InChI is InChI=1S/C11H9F7N2O/c12-7-2-1-5(3-6(7)11(16,17)18)8(9(19)21)20-4-10(13,14)15/h1-3,8,20H,4H2,(H2,19,21). The van der Waals surface area contributed by atoms with Crippen LogP contribution in [0, 0.1) is 5.82 Å². The predicted molar refractivity (Wildman–Crippen MR) is 57.4 cm³/mol. The fourth-order valence-corrected chi connectivity index (χ4v) is 1.54. The van der Waals surface area contributed by atoms with Crippen LogP contribution in [0.1, 0.15) is 17.2 Å². The molecule has 1 rings (SSSR count). The van der Waals surface area contributed by atoms with Crippen LogP contribution < -0.4 is 11.1 Å². The summed E-state index contributed by atoms with van der Waals surface area (Å²) in [4.78, 5) is 11.1. The molecular formula is C11H9F7N2O. The molecule has 0 aliphatic rings. The molecule has 10 heteroatoms. The first kappa shape index (κ1) is 17.2. The highest BCUT2D eigenvalue weighted by Crippen LogP contribution is 2.33.